The summed E-state index contributed by atoms with van der Waals surface area (Å²) in [7, 11) is 4.64. The first-order valence-electron chi connectivity index (χ1n) is 1.59. The summed E-state index contributed by atoms with van der Waals surface area (Å²) in [4.78, 5) is 0. The van der Waals surface area contributed by atoms with Gasteiger partial charge in [0.05, 0.1) is 0 Å². The molecule has 0 radical (unpaired) electrons. The molecule has 0 spiro atoms. The average Bonchev–Trinajstić information content (AvgIpc) is 1.76. The van der Waals surface area contributed by atoms with Crippen molar-refractivity contribution in [1.29, 1.82) is 0 Å². The predicted molar refractivity (Wildman–Crippen MR) is 31.9 cm³/mol. The first kappa shape index (κ1) is 4.20. The Balaban J connectivity index is 2.32. The van der Waals surface area contributed by atoms with Crippen LogP contribution >= 0.6 is 23.7 Å². The van der Waals surface area contributed by atoms with E-state index in [9.17, 15) is 0 Å². The van der Waals surface area contributed by atoms with Gasteiger partial charge >= 0.3 is 0 Å². The molecule has 1 atom stereocenters. The zero-order valence-electron chi connectivity index (χ0n) is 2.81. The van der Waals surface area contributed by atoms with Crippen molar-refractivity contribution < 1.29 is 0 Å². The van der Waals surface area contributed by atoms with Crippen molar-refractivity contribution in [2.45, 2.75) is 0 Å². The fraction of sp³-hybridized carbons (Fsp3) is 1.00. The molecule has 0 aliphatic carbocycles. The van der Waals surface area contributed by atoms with E-state index in [4.69, 9.17) is 0 Å². The first-order valence-corrected chi connectivity index (χ1v) is 6.32. The summed E-state index contributed by atoms with van der Waals surface area (Å²) in [6.45, 7) is 0. The van der Waals surface area contributed by atoms with Crippen LogP contribution in [0, 0.1) is 0 Å². The van der Waals surface area contributed by atoms with Crippen LogP contribution in [0.2, 0.25) is 0 Å². The molecule has 0 saturated carbocycles. The molecule has 0 nitrogen and oxygen atoms in total. The third-order valence-electron chi connectivity index (χ3n) is 0.465. The molecule has 3 heteroatoms. The number of hydrogen-bond acceptors (Lipinski definition) is 0. The van der Waals surface area contributed by atoms with Crippen molar-refractivity contribution in [3.05, 3.63) is 0 Å². The van der Waals surface area contributed by atoms with Crippen molar-refractivity contribution in [3.63, 3.8) is 0 Å². The standard InChI is InChI=1S/C2H5P3/c1-2-4-5-3-1/h3H,1-2H2. The third kappa shape index (κ3) is 1.27. The highest BCUT2D eigenvalue weighted by Gasteiger charge is 1.86. The minimum absolute atomic E-state index is 1.27. The Labute approximate surface area is 36.8 Å². The van der Waals surface area contributed by atoms with Gasteiger partial charge in [0.15, 0.2) is 0 Å². The minimum atomic E-state index is 1.27. The summed E-state index contributed by atoms with van der Waals surface area (Å²) in [6, 6.07) is 0. The molecule has 5 heavy (non-hydrogen) atoms. The van der Waals surface area contributed by atoms with Gasteiger partial charge in [-0.1, -0.05) is 23.7 Å². The van der Waals surface area contributed by atoms with Crippen LogP contribution in [0.15, 0.2) is 0 Å². The lowest BCUT2D eigenvalue weighted by Crippen LogP contribution is -1.61. The van der Waals surface area contributed by atoms with Gasteiger partial charge in [-0.3, -0.25) is 0 Å². The molecule has 0 amide bonds. The SMILES string of the molecule is C1CPP=P1. The molecule has 1 heterocycles. The van der Waals surface area contributed by atoms with Crippen molar-refractivity contribution >= 4 is 23.7 Å². The minimum Gasteiger partial charge on any atom is -0.0713 e. The van der Waals surface area contributed by atoms with Gasteiger partial charge < -0.3 is 0 Å². The molecule has 1 aliphatic rings. The van der Waals surface area contributed by atoms with Gasteiger partial charge in [-0.25, -0.2) is 0 Å². The zero-order valence-corrected chi connectivity index (χ0v) is 5.60. The lowest BCUT2D eigenvalue weighted by molar-refractivity contribution is 1.57. The van der Waals surface area contributed by atoms with E-state index in [1.807, 2.05) is 0 Å². The molecule has 0 fully saturated rings. The first-order chi connectivity index (χ1) is 2.50. The van der Waals surface area contributed by atoms with Crippen LogP contribution in [0.5, 0.6) is 0 Å². The van der Waals surface area contributed by atoms with Crippen molar-refractivity contribution in [2.24, 2.45) is 0 Å². The second kappa shape index (κ2) is 2.25. The molecule has 0 bridgehead atoms. The fourth-order valence-electron chi connectivity index (χ4n) is 0.250. The van der Waals surface area contributed by atoms with E-state index in [-0.39, 0.29) is 0 Å². The highest BCUT2D eigenvalue weighted by Crippen LogP contribution is 2.43. The van der Waals surface area contributed by atoms with E-state index in [2.05, 4.69) is 0 Å². The summed E-state index contributed by atoms with van der Waals surface area (Å²) in [5.41, 5.74) is 0. The molecule has 0 saturated heterocycles. The Morgan fingerprint density at radius 3 is 2.80 bits per heavy atom. The fourth-order valence-corrected chi connectivity index (χ4v) is 6.75. The average molecular weight is 122 g/mol. The van der Waals surface area contributed by atoms with E-state index in [0.717, 1.165) is 0 Å². The van der Waals surface area contributed by atoms with E-state index in [1.54, 1.807) is 15.4 Å². The molecule has 28 valence electrons. The second-order valence-electron chi connectivity index (χ2n) is 0.873. The van der Waals surface area contributed by atoms with Crippen molar-refractivity contribution in [3.8, 4) is 0 Å². The molecule has 0 N–H and O–H groups in total. The van der Waals surface area contributed by atoms with Gasteiger partial charge in [0.2, 0.25) is 0 Å². The van der Waals surface area contributed by atoms with Crippen LogP contribution in [0.3, 0.4) is 0 Å². The van der Waals surface area contributed by atoms with Crippen LogP contribution in [0.25, 0.3) is 0 Å². The summed E-state index contributed by atoms with van der Waals surface area (Å²) in [5.74, 6) is 0. The molecule has 1 rings (SSSR count). The summed E-state index contributed by atoms with van der Waals surface area (Å²) in [6.07, 6.45) is 2.98. The highest BCUT2D eigenvalue weighted by molar-refractivity contribution is 8.26. The van der Waals surface area contributed by atoms with Crippen LogP contribution in [0.4, 0.5) is 0 Å². The summed E-state index contributed by atoms with van der Waals surface area (Å²) < 4.78 is 0. The topological polar surface area (TPSA) is 0 Å². The second-order valence-corrected chi connectivity index (χ2v) is 6.82. The Bertz CT molecular complexity index is 42.9. The van der Waals surface area contributed by atoms with Gasteiger partial charge in [0.25, 0.3) is 0 Å². The maximum atomic E-state index is 1.69. The van der Waals surface area contributed by atoms with E-state index in [0.29, 0.717) is 0 Å². The lowest BCUT2D eigenvalue weighted by Gasteiger charge is -1.67. The number of rotatable bonds is 0. The number of hydrogen-bond donors (Lipinski definition) is 0. The molecule has 1 aliphatic heterocycles. The van der Waals surface area contributed by atoms with Crippen molar-refractivity contribution in [2.75, 3.05) is 12.3 Å². The normalized spacial score (nSPS) is 32.0. The molecule has 0 aromatic heterocycles. The largest absolute Gasteiger partial charge is 0.0713 e. The summed E-state index contributed by atoms with van der Waals surface area (Å²) >= 11 is 0. The summed E-state index contributed by atoms with van der Waals surface area (Å²) in [5, 5.41) is 0. The molecule has 1 unspecified atom stereocenters. The molecule has 0 aromatic rings. The van der Waals surface area contributed by atoms with Gasteiger partial charge in [-0.2, -0.15) is 0 Å². The van der Waals surface area contributed by atoms with Gasteiger partial charge in [-0.05, 0) is 12.3 Å². The Kier molecular flexibility index (Phi) is 1.89. The smallest absolute Gasteiger partial charge is 0.00196 e. The molecule has 0 aromatic carbocycles. The molecular weight excluding hydrogens is 117 g/mol. The van der Waals surface area contributed by atoms with Crippen LogP contribution in [-0.4, -0.2) is 12.3 Å². The maximum Gasteiger partial charge on any atom is -0.00196 e. The van der Waals surface area contributed by atoms with E-state index >= 15 is 0 Å². The van der Waals surface area contributed by atoms with Gasteiger partial charge in [-0.15, -0.1) is 0 Å². The third-order valence-corrected chi connectivity index (χ3v) is 6.73. The Hall–Kier alpha value is 1.03. The van der Waals surface area contributed by atoms with Crippen LogP contribution in [-0.2, 0) is 0 Å². The van der Waals surface area contributed by atoms with Gasteiger partial charge in [0.1, 0.15) is 0 Å². The Morgan fingerprint density at radius 2 is 2.60 bits per heavy atom. The maximum absolute atomic E-state index is 1.69. The lowest BCUT2D eigenvalue weighted by atomic mass is 11.0. The Morgan fingerprint density at radius 1 is 1.60 bits per heavy atom. The zero-order chi connectivity index (χ0) is 3.54. The predicted octanol–water partition coefficient (Wildman–Crippen LogP) is 2.40. The van der Waals surface area contributed by atoms with Crippen LogP contribution < -0.4 is 0 Å². The quantitative estimate of drug-likeness (QED) is 0.432. The molecular formula is C2H5P3. The van der Waals surface area contributed by atoms with E-state index < -0.39 is 0 Å². The highest BCUT2D eigenvalue weighted by atomic mass is 32.2. The van der Waals surface area contributed by atoms with Crippen molar-refractivity contribution in [1.82, 2.24) is 0 Å². The van der Waals surface area contributed by atoms with Gasteiger partial charge in [0, 0.05) is 0 Å². The monoisotopic (exact) mass is 122 g/mol. The van der Waals surface area contributed by atoms with Crippen LogP contribution in [0.1, 0.15) is 0 Å². The van der Waals surface area contributed by atoms with E-state index in [1.165, 1.54) is 20.6 Å².